The first kappa shape index (κ1) is 5.40. The maximum atomic E-state index is 10.9. The molecular weight excluding hydrogens is 132 g/mol. The Morgan fingerprint density at radius 3 is 3.20 bits per heavy atom. The summed E-state index contributed by atoms with van der Waals surface area (Å²) in [6, 6.07) is 0. The number of nitrogens with zero attached hydrogens (tertiary/aromatic N) is 4. The lowest BCUT2D eigenvalue weighted by Crippen LogP contribution is -2.13. The summed E-state index contributed by atoms with van der Waals surface area (Å²) in [5, 5.41) is 7.46. The van der Waals surface area contributed by atoms with E-state index in [1.54, 1.807) is 0 Å². The molecule has 0 N–H and O–H groups in total. The summed E-state index contributed by atoms with van der Waals surface area (Å²) in [4.78, 5) is 14.6. The molecule has 0 atom stereocenters. The minimum atomic E-state index is 0.408. The van der Waals surface area contributed by atoms with Crippen molar-refractivity contribution in [3.8, 4) is 0 Å². The van der Waals surface area contributed by atoms with Gasteiger partial charge in [0.1, 0.15) is 6.54 Å². The van der Waals surface area contributed by atoms with Crippen LogP contribution in [0.25, 0.3) is 0 Å². The van der Waals surface area contributed by atoms with Gasteiger partial charge in [-0.05, 0) is 0 Å². The molecule has 0 fully saturated rings. The lowest BCUT2D eigenvalue weighted by Gasteiger charge is -1.94. The quantitative estimate of drug-likeness (QED) is 0.448. The van der Waals surface area contributed by atoms with Gasteiger partial charge in [-0.2, -0.15) is 10.2 Å². The number of azo groups is 1. The zero-order chi connectivity index (χ0) is 6.97. The van der Waals surface area contributed by atoms with Crippen molar-refractivity contribution in [3.63, 3.8) is 0 Å². The third kappa shape index (κ3) is 0.601. The number of aliphatic imine (C=N–C) groups is 1. The van der Waals surface area contributed by atoms with Crippen LogP contribution in [0.4, 0.5) is 0 Å². The molecule has 0 spiro atoms. The van der Waals surface area contributed by atoms with Gasteiger partial charge in [0.25, 0.3) is 0 Å². The second-order valence-electron chi connectivity index (χ2n) is 2.07. The van der Waals surface area contributed by atoms with Crippen LogP contribution in [0.15, 0.2) is 26.6 Å². The van der Waals surface area contributed by atoms with Crippen LogP contribution in [0.1, 0.15) is 0 Å². The van der Waals surface area contributed by atoms with Crippen LogP contribution < -0.4 is 0 Å². The van der Waals surface area contributed by atoms with Crippen LogP contribution >= 0.6 is 0 Å². The van der Waals surface area contributed by atoms with Gasteiger partial charge >= 0.3 is 6.34 Å². The van der Waals surface area contributed by atoms with Gasteiger partial charge < -0.3 is 0 Å². The first-order valence-electron chi connectivity index (χ1n) is 2.94. The number of hydrogen-bond acceptors (Lipinski definition) is 4. The highest BCUT2D eigenvalue weighted by molar-refractivity contribution is 5.48. The maximum Gasteiger partial charge on any atom is 0.325 e. The summed E-state index contributed by atoms with van der Waals surface area (Å²) in [5.74, 6) is 0. The molecule has 10 heavy (non-hydrogen) atoms. The predicted octanol–water partition coefficient (Wildman–Crippen LogP) is 0.485. The van der Waals surface area contributed by atoms with E-state index in [9.17, 15) is 4.91 Å². The molecule has 0 unspecified atom stereocenters. The third-order valence-corrected chi connectivity index (χ3v) is 1.44. The highest BCUT2D eigenvalue weighted by Crippen LogP contribution is 2.17. The van der Waals surface area contributed by atoms with Crippen LogP contribution in [-0.2, 0) is 0 Å². The average molecular weight is 137 g/mol. The van der Waals surface area contributed by atoms with Crippen LogP contribution in [-0.4, -0.2) is 24.2 Å². The van der Waals surface area contributed by atoms with Gasteiger partial charge in [-0.15, -0.1) is 0 Å². The van der Waals surface area contributed by atoms with E-state index in [1.165, 1.54) is 6.34 Å². The van der Waals surface area contributed by atoms with Crippen LogP contribution in [0.5, 0.6) is 0 Å². The van der Waals surface area contributed by atoms with E-state index < -0.39 is 0 Å². The van der Waals surface area contributed by atoms with Gasteiger partial charge in [0.15, 0.2) is 12.2 Å². The van der Waals surface area contributed by atoms with E-state index in [1.807, 2.05) is 0 Å². The Bertz CT molecular complexity index is 275. The summed E-state index contributed by atoms with van der Waals surface area (Å²) in [5.41, 5.74) is 1.34. The van der Waals surface area contributed by atoms with E-state index in [2.05, 4.69) is 15.2 Å². The van der Waals surface area contributed by atoms with Crippen molar-refractivity contribution < 1.29 is 4.76 Å². The summed E-state index contributed by atoms with van der Waals surface area (Å²) >= 11 is 0. The number of nitroso groups, excluding NO2 is 1. The minimum Gasteiger partial charge on any atom is -0.180 e. The molecule has 2 aliphatic heterocycles. The fraction of sp³-hybridized carbons (Fsp3) is 0.400. The van der Waals surface area contributed by atoms with Crippen molar-refractivity contribution in [1.29, 1.82) is 0 Å². The van der Waals surface area contributed by atoms with Crippen molar-refractivity contribution in [2.45, 2.75) is 0 Å². The molecule has 0 saturated heterocycles. The Balaban J connectivity index is 2.40. The summed E-state index contributed by atoms with van der Waals surface area (Å²) < 4.78 is 0.721. The molecule has 5 heteroatoms. The molecular formula is C5H5N4O+. The molecule has 0 saturated carbocycles. The first-order chi connectivity index (χ1) is 4.88. The number of hydrogen-bond donors (Lipinski definition) is 0. The highest BCUT2D eigenvalue weighted by Gasteiger charge is 2.26. The van der Waals surface area contributed by atoms with Gasteiger partial charge in [-0.3, -0.25) is 0 Å². The maximum absolute atomic E-state index is 10.9. The second kappa shape index (κ2) is 1.80. The highest BCUT2D eigenvalue weighted by atomic mass is 16.3. The molecule has 50 valence electrons. The molecule has 0 bridgehead atoms. The molecule has 0 aromatic rings. The fourth-order valence-corrected chi connectivity index (χ4v) is 0.928. The van der Waals surface area contributed by atoms with Gasteiger partial charge in [-0.25, -0.2) is 0 Å². The van der Waals surface area contributed by atoms with Gasteiger partial charge in [-0.1, -0.05) is 9.90 Å². The molecule has 0 aromatic carbocycles. The lowest BCUT2D eigenvalue weighted by molar-refractivity contribution is -0.366. The third-order valence-electron chi connectivity index (χ3n) is 1.44. The van der Waals surface area contributed by atoms with Crippen LogP contribution in [0.2, 0.25) is 0 Å². The molecule has 0 aromatic heterocycles. The Morgan fingerprint density at radius 2 is 2.40 bits per heavy atom. The summed E-state index contributed by atoms with van der Waals surface area (Å²) in [7, 11) is 0. The Labute approximate surface area is 56.7 Å². The van der Waals surface area contributed by atoms with Crippen molar-refractivity contribution in [3.05, 3.63) is 16.3 Å². The number of rotatable bonds is 0. The Kier molecular flexibility index (Phi) is 0.969. The minimum absolute atomic E-state index is 0.408. The summed E-state index contributed by atoms with van der Waals surface area (Å²) in [6.07, 6.45) is 1.26. The molecule has 2 rings (SSSR count). The van der Waals surface area contributed by atoms with Crippen molar-refractivity contribution >= 4 is 6.34 Å². The smallest absolute Gasteiger partial charge is 0.180 e. The lowest BCUT2D eigenvalue weighted by atomic mass is 10.3. The molecule has 0 radical (unpaired) electrons. The van der Waals surface area contributed by atoms with Crippen molar-refractivity contribution in [2.24, 2.45) is 15.2 Å². The van der Waals surface area contributed by atoms with Crippen LogP contribution in [0, 0.1) is 4.91 Å². The van der Waals surface area contributed by atoms with Crippen molar-refractivity contribution in [2.75, 3.05) is 13.1 Å². The molecule has 0 amide bonds. The topological polar surface area (TPSA) is 57.2 Å². The largest absolute Gasteiger partial charge is 0.325 e. The average Bonchev–Trinajstić information content (AvgIpc) is 2.36. The van der Waals surface area contributed by atoms with E-state index in [-0.39, 0.29) is 0 Å². The fourth-order valence-electron chi connectivity index (χ4n) is 0.928. The van der Waals surface area contributed by atoms with Gasteiger partial charge in [0.2, 0.25) is 5.70 Å². The zero-order valence-corrected chi connectivity index (χ0v) is 5.19. The predicted molar refractivity (Wildman–Crippen MR) is 33.7 cm³/mol. The zero-order valence-electron chi connectivity index (χ0n) is 5.19. The molecule has 5 nitrogen and oxygen atoms in total. The van der Waals surface area contributed by atoms with Crippen molar-refractivity contribution in [1.82, 2.24) is 0 Å². The monoisotopic (exact) mass is 137 g/mol. The Hall–Kier alpha value is -1.39. The van der Waals surface area contributed by atoms with E-state index in [0.29, 0.717) is 24.5 Å². The van der Waals surface area contributed by atoms with E-state index in [4.69, 9.17) is 0 Å². The van der Waals surface area contributed by atoms with Gasteiger partial charge in [0.05, 0.1) is 0 Å². The molecule has 2 heterocycles. The second-order valence-corrected chi connectivity index (χ2v) is 2.07. The van der Waals surface area contributed by atoms with E-state index in [0.717, 1.165) is 4.76 Å². The standard InChI is InChI=1S/C5H5N4O/c10-9-3-6-1-4-5(9)2-7-8-4/h3H,1-2H2/q+1. The van der Waals surface area contributed by atoms with Crippen LogP contribution in [0.3, 0.4) is 0 Å². The van der Waals surface area contributed by atoms with Gasteiger partial charge in [0, 0.05) is 4.76 Å². The Morgan fingerprint density at radius 1 is 1.50 bits per heavy atom. The normalized spacial score (nSPS) is 22.2. The summed E-state index contributed by atoms with van der Waals surface area (Å²) in [6.45, 7) is 0.905. The first-order valence-corrected chi connectivity index (χ1v) is 2.94. The molecule has 0 aliphatic carbocycles. The van der Waals surface area contributed by atoms with E-state index >= 15 is 0 Å². The SMILES string of the molecule is O=[N+]1C=NCC2=C1CN=N2. The molecule has 2 aliphatic rings.